The Labute approximate surface area is 256 Å². The second kappa shape index (κ2) is 14.4. The van der Waals surface area contributed by atoms with Gasteiger partial charge in [-0.2, -0.15) is 0 Å². The third-order valence-corrected chi connectivity index (χ3v) is 8.46. The molecule has 0 heterocycles. The second-order valence-corrected chi connectivity index (χ2v) is 13.0. The van der Waals surface area contributed by atoms with Gasteiger partial charge in [-0.3, -0.25) is 0 Å². The molecule has 230 valence electrons. The fraction of sp³-hybridized carbons (Fsp3) is 0.514. The Morgan fingerprint density at radius 3 is 1.36 bits per heavy atom. The van der Waals surface area contributed by atoms with E-state index in [1.807, 2.05) is 0 Å². The molecular formula is C37H55N3O2. The molecule has 42 heavy (non-hydrogen) atoms. The normalized spacial score (nSPS) is 12.9. The molecule has 0 aliphatic rings. The molecule has 0 aromatic heterocycles. The maximum Gasteiger partial charge on any atom is 0.0658 e. The Balaban J connectivity index is 1.99. The lowest BCUT2D eigenvalue weighted by molar-refractivity contribution is 0.0671. The smallest absolute Gasteiger partial charge is 0.0658 e. The number of aliphatic hydroxyl groups excluding tert-OH is 1. The van der Waals surface area contributed by atoms with Crippen molar-refractivity contribution in [2.45, 2.75) is 84.9 Å². The molecule has 0 saturated carbocycles. The fourth-order valence-electron chi connectivity index (χ4n) is 5.92. The monoisotopic (exact) mass is 573 g/mol. The van der Waals surface area contributed by atoms with Gasteiger partial charge < -0.3 is 24.5 Å². The highest BCUT2D eigenvalue weighted by Crippen LogP contribution is 2.36. The van der Waals surface area contributed by atoms with Crippen LogP contribution in [-0.4, -0.2) is 62.7 Å². The summed E-state index contributed by atoms with van der Waals surface area (Å²) in [6.07, 6.45) is 1.22. The number of benzene rings is 3. The third kappa shape index (κ3) is 8.08. The zero-order valence-corrected chi connectivity index (χ0v) is 27.8. The predicted octanol–water partition coefficient (Wildman–Crippen LogP) is 7.95. The molecule has 0 spiro atoms. The Hall–Kier alpha value is -3.02. The SMILES string of the molecule is CCN(c1ccc(C(c2ccc(N(C)C)cc2)c2ccc(N(CC)C(C)(C)CCOC(C)C)cc2)cc1)C(C)(C)CO. The van der Waals surface area contributed by atoms with E-state index in [9.17, 15) is 5.11 Å². The summed E-state index contributed by atoms with van der Waals surface area (Å²) in [6.45, 7) is 20.0. The Kier molecular flexibility index (Phi) is 11.5. The van der Waals surface area contributed by atoms with Gasteiger partial charge in [0.05, 0.1) is 18.2 Å². The summed E-state index contributed by atoms with van der Waals surface area (Å²) in [5.74, 6) is 0.104. The van der Waals surface area contributed by atoms with Gasteiger partial charge in [0.1, 0.15) is 0 Å². The summed E-state index contributed by atoms with van der Waals surface area (Å²) in [5, 5.41) is 10.00. The van der Waals surface area contributed by atoms with E-state index >= 15 is 0 Å². The maximum absolute atomic E-state index is 10.00. The second-order valence-electron chi connectivity index (χ2n) is 13.0. The summed E-state index contributed by atoms with van der Waals surface area (Å²) < 4.78 is 5.89. The van der Waals surface area contributed by atoms with Crippen molar-refractivity contribution in [3.8, 4) is 0 Å². The molecule has 0 radical (unpaired) electrons. The van der Waals surface area contributed by atoms with Crippen LogP contribution in [-0.2, 0) is 4.74 Å². The molecule has 3 rings (SSSR count). The zero-order valence-electron chi connectivity index (χ0n) is 27.8. The Bertz CT molecular complexity index is 1220. The zero-order chi connectivity index (χ0) is 31.1. The quantitative estimate of drug-likeness (QED) is 0.187. The van der Waals surface area contributed by atoms with Crippen LogP contribution in [0.4, 0.5) is 17.1 Å². The van der Waals surface area contributed by atoms with E-state index in [4.69, 9.17) is 4.74 Å². The first kappa shape index (κ1) is 33.5. The minimum atomic E-state index is -0.326. The van der Waals surface area contributed by atoms with Crippen LogP contribution >= 0.6 is 0 Å². The molecular weight excluding hydrogens is 518 g/mol. The van der Waals surface area contributed by atoms with E-state index in [1.54, 1.807) is 0 Å². The van der Waals surface area contributed by atoms with E-state index in [0.29, 0.717) is 0 Å². The van der Waals surface area contributed by atoms with Gasteiger partial charge >= 0.3 is 0 Å². The highest BCUT2D eigenvalue weighted by molar-refractivity contribution is 5.57. The molecule has 0 saturated heterocycles. The highest BCUT2D eigenvalue weighted by Gasteiger charge is 2.27. The van der Waals surface area contributed by atoms with Gasteiger partial charge in [0.25, 0.3) is 0 Å². The largest absolute Gasteiger partial charge is 0.394 e. The topological polar surface area (TPSA) is 39.2 Å². The van der Waals surface area contributed by atoms with Crippen LogP contribution in [0.3, 0.4) is 0 Å². The van der Waals surface area contributed by atoms with Crippen LogP contribution in [0.25, 0.3) is 0 Å². The number of hydrogen-bond donors (Lipinski definition) is 1. The van der Waals surface area contributed by atoms with Crippen molar-refractivity contribution in [3.05, 3.63) is 89.5 Å². The Morgan fingerprint density at radius 2 is 1.02 bits per heavy atom. The fourth-order valence-corrected chi connectivity index (χ4v) is 5.92. The first-order valence-electron chi connectivity index (χ1n) is 15.6. The van der Waals surface area contributed by atoms with Crippen molar-refractivity contribution in [2.75, 3.05) is 55.1 Å². The summed E-state index contributed by atoms with van der Waals surface area (Å²) in [4.78, 5) is 6.88. The van der Waals surface area contributed by atoms with Crippen molar-refractivity contribution in [3.63, 3.8) is 0 Å². The molecule has 0 fully saturated rings. The van der Waals surface area contributed by atoms with Gasteiger partial charge in [-0.1, -0.05) is 36.4 Å². The molecule has 0 bridgehead atoms. The van der Waals surface area contributed by atoms with Crippen LogP contribution in [0.15, 0.2) is 72.8 Å². The van der Waals surface area contributed by atoms with Gasteiger partial charge in [-0.05, 0) is 115 Å². The standard InChI is InChI=1S/C37H55N3O2/c1-11-39(36(5,6)25-26-42-28(3)4)33-21-15-30(16-22-33)35(29-13-19-32(20-14-29)38(9)10)31-17-23-34(24-18-31)40(12-2)37(7,8)27-41/h13-24,28,35,41H,11-12,25-27H2,1-10H3. The summed E-state index contributed by atoms with van der Waals surface area (Å²) in [5.41, 5.74) is 6.99. The first-order chi connectivity index (χ1) is 19.8. The summed E-state index contributed by atoms with van der Waals surface area (Å²) in [6, 6.07) is 27.0. The van der Waals surface area contributed by atoms with Crippen molar-refractivity contribution >= 4 is 17.1 Å². The van der Waals surface area contributed by atoms with Crippen LogP contribution < -0.4 is 14.7 Å². The van der Waals surface area contributed by atoms with Gasteiger partial charge in [0.15, 0.2) is 0 Å². The van der Waals surface area contributed by atoms with Crippen LogP contribution in [0, 0.1) is 0 Å². The number of hydrogen-bond acceptors (Lipinski definition) is 5. The van der Waals surface area contributed by atoms with E-state index in [-0.39, 0.29) is 29.7 Å². The number of ether oxygens (including phenoxy) is 1. The molecule has 0 aliphatic heterocycles. The molecule has 3 aromatic carbocycles. The molecule has 0 aliphatic carbocycles. The van der Waals surface area contributed by atoms with Crippen molar-refractivity contribution in [1.29, 1.82) is 0 Å². The molecule has 1 atom stereocenters. The lowest BCUT2D eigenvalue weighted by atomic mass is 9.84. The lowest BCUT2D eigenvalue weighted by Gasteiger charge is -2.40. The third-order valence-electron chi connectivity index (χ3n) is 8.46. The molecule has 3 aromatic rings. The minimum Gasteiger partial charge on any atom is -0.394 e. The average molecular weight is 574 g/mol. The minimum absolute atomic E-state index is 0.0180. The van der Waals surface area contributed by atoms with E-state index in [2.05, 4.69) is 157 Å². The van der Waals surface area contributed by atoms with Gasteiger partial charge in [0, 0.05) is 62.3 Å². The highest BCUT2D eigenvalue weighted by atomic mass is 16.5. The molecule has 1 N–H and O–H groups in total. The number of likely N-dealkylation sites (N-methyl/N-ethyl adjacent to an activating group) is 1. The molecule has 0 amide bonds. The average Bonchev–Trinajstić information content (AvgIpc) is 2.95. The molecule has 1 unspecified atom stereocenters. The van der Waals surface area contributed by atoms with Crippen molar-refractivity contribution in [2.24, 2.45) is 0 Å². The van der Waals surface area contributed by atoms with Gasteiger partial charge in [0.2, 0.25) is 0 Å². The lowest BCUT2D eigenvalue weighted by Crippen LogP contribution is -2.47. The first-order valence-corrected chi connectivity index (χ1v) is 15.6. The molecule has 5 nitrogen and oxygen atoms in total. The summed E-state index contributed by atoms with van der Waals surface area (Å²) >= 11 is 0. The van der Waals surface area contributed by atoms with Crippen LogP contribution in [0.2, 0.25) is 0 Å². The summed E-state index contributed by atoms with van der Waals surface area (Å²) in [7, 11) is 4.15. The maximum atomic E-state index is 10.00. The van der Waals surface area contributed by atoms with Crippen molar-refractivity contribution in [1.82, 2.24) is 0 Å². The predicted molar refractivity (Wildman–Crippen MR) is 182 cm³/mol. The van der Waals surface area contributed by atoms with Crippen molar-refractivity contribution < 1.29 is 9.84 Å². The number of rotatable bonds is 15. The van der Waals surface area contributed by atoms with Gasteiger partial charge in [-0.15, -0.1) is 0 Å². The van der Waals surface area contributed by atoms with E-state index in [0.717, 1.165) is 31.8 Å². The number of aliphatic hydroxyl groups is 1. The van der Waals surface area contributed by atoms with Crippen LogP contribution in [0.1, 0.15) is 84.4 Å². The number of nitrogens with zero attached hydrogens (tertiary/aromatic N) is 3. The Morgan fingerprint density at radius 1 is 0.643 bits per heavy atom. The van der Waals surface area contributed by atoms with Crippen LogP contribution in [0.5, 0.6) is 0 Å². The van der Waals surface area contributed by atoms with E-state index in [1.165, 1.54) is 28.1 Å². The van der Waals surface area contributed by atoms with Gasteiger partial charge in [-0.25, -0.2) is 0 Å². The van der Waals surface area contributed by atoms with E-state index < -0.39 is 0 Å². The number of anilines is 3. The molecule has 5 heteroatoms.